The molecule has 0 aromatic carbocycles. The number of likely N-dealkylation sites (tertiary alicyclic amines) is 1. The van der Waals surface area contributed by atoms with Gasteiger partial charge in [0, 0.05) is 18.1 Å². The average Bonchev–Trinajstić information content (AvgIpc) is 2.23. The quantitative estimate of drug-likeness (QED) is 0.800. The Morgan fingerprint density at radius 3 is 2.59 bits per heavy atom. The van der Waals surface area contributed by atoms with E-state index >= 15 is 0 Å². The smallest absolute Gasteiger partial charge is 0.0639 e. The predicted octanol–water partition coefficient (Wildman–Crippen LogP) is 3.05. The fraction of sp³-hybridized carbons (Fsp3) is 1.00. The monoisotopic (exact) mass is 239 g/mol. The van der Waals surface area contributed by atoms with Crippen molar-refractivity contribution in [1.82, 2.24) is 4.90 Å². The molecule has 0 spiro atoms. The van der Waals surface area contributed by atoms with E-state index in [1.807, 2.05) is 6.92 Å². The summed E-state index contributed by atoms with van der Waals surface area (Å²) < 4.78 is 0. The molecule has 4 unspecified atom stereocenters. The molecular weight excluding hydrogens is 210 g/mol. The van der Waals surface area contributed by atoms with Crippen molar-refractivity contribution in [1.29, 1.82) is 0 Å². The zero-order valence-electron chi connectivity index (χ0n) is 11.9. The van der Waals surface area contributed by atoms with Gasteiger partial charge < -0.3 is 5.11 Å². The summed E-state index contributed by atoms with van der Waals surface area (Å²) >= 11 is 0. The van der Waals surface area contributed by atoms with E-state index in [1.165, 1.54) is 32.1 Å². The van der Waals surface area contributed by atoms with E-state index in [9.17, 15) is 5.11 Å². The lowest BCUT2D eigenvalue weighted by atomic mass is 9.67. The summed E-state index contributed by atoms with van der Waals surface area (Å²) in [6, 6.07) is 0.720. The molecule has 2 nitrogen and oxygen atoms in total. The molecule has 1 heterocycles. The second kappa shape index (κ2) is 4.89. The minimum atomic E-state index is -0.203. The maximum Gasteiger partial charge on any atom is 0.0639 e. The van der Waals surface area contributed by atoms with Crippen LogP contribution in [0.3, 0.4) is 0 Å². The third-order valence-corrected chi connectivity index (χ3v) is 4.97. The molecule has 2 heteroatoms. The minimum Gasteiger partial charge on any atom is -0.392 e. The Morgan fingerprint density at radius 1 is 1.29 bits per heavy atom. The second-order valence-electron chi connectivity index (χ2n) is 7.01. The largest absolute Gasteiger partial charge is 0.392 e. The lowest BCUT2D eigenvalue weighted by molar-refractivity contribution is -0.0749. The zero-order valence-corrected chi connectivity index (χ0v) is 11.9. The van der Waals surface area contributed by atoms with Gasteiger partial charge in [0.05, 0.1) is 6.10 Å². The molecule has 4 atom stereocenters. The molecule has 1 saturated heterocycles. The van der Waals surface area contributed by atoms with Gasteiger partial charge in [-0.1, -0.05) is 19.8 Å². The summed E-state index contributed by atoms with van der Waals surface area (Å²) in [4.78, 5) is 2.61. The van der Waals surface area contributed by atoms with Crippen LogP contribution in [0.25, 0.3) is 0 Å². The van der Waals surface area contributed by atoms with Crippen molar-refractivity contribution >= 4 is 0 Å². The van der Waals surface area contributed by atoms with Crippen LogP contribution < -0.4 is 0 Å². The standard InChI is InChI=1S/C15H29NO/c1-11-9-15(3,4)16(10-12(2)17)14-8-6-5-7-13(11)14/h11-14,17H,5-10H2,1-4H3. The molecule has 0 aromatic heterocycles. The summed E-state index contributed by atoms with van der Waals surface area (Å²) in [6.45, 7) is 9.92. The summed E-state index contributed by atoms with van der Waals surface area (Å²) in [5.74, 6) is 1.72. The number of aliphatic hydroxyl groups is 1. The van der Waals surface area contributed by atoms with Crippen LogP contribution in [-0.4, -0.2) is 34.2 Å². The number of nitrogens with zero attached hydrogens (tertiary/aromatic N) is 1. The molecule has 1 saturated carbocycles. The fourth-order valence-corrected chi connectivity index (χ4v) is 4.36. The minimum absolute atomic E-state index is 0.203. The van der Waals surface area contributed by atoms with E-state index in [1.54, 1.807) is 0 Å². The first-order chi connectivity index (χ1) is 7.92. The van der Waals surface area contributed by atoms with Crippen LogP contribution in [-0.2, 0) is 0 Å². The zero-order chi connectivity index (χ0) is 12.6. The van der Waals surface area contributed by atoms with Crippen molar-refractivity contribution in [2.45, 2.75) is 77.5 Å². The molecule has 2 fully saturated rings. The normalized spacial score (nSPS) is 39.7. The van der Waals surface area contributed by atoms with E-state index < -0.39 is 0 Å². The van der Waals surface area contributed by atoms with Crippen LogP contribution in [0.5, 0.6) is 0 Å². The van der Waals surface area contributed by atoms with Crippen molar-refractivity contribution in [3.8, 4) is 0 Å². The van der Waals surface area contributed by atoms with E-state index in [4.69, 9.17) is 0 Å². The topological polar surface area (TPSA) is 23.5 Å². The number of rotatable bonds is 2. The van der Waals surface area contributed by atoms with Gasteiger partial charge >= 0.3 is 0 Å². The van der Waals surface area contributed by atoms with Gasteiger partial charge in [0.2, 0.25) is 0 Å². The highest BCUT2D eigenvalue weighted by Gasteiger charge is 2.45. The van der Waals surface area contributed by atoms with Crippen molar-refractivity contribution in [2.75, 3.05) is 6.54 Å². The van der Waals surface area contributed by atoms with Gasteiger partial charge in [-0.15, -0.1) is 0 Å². The molecule has 1 N–H and O–H groups in total. The lowest BCUT2D eigenvalue weighted by Crippen LogP contribution is -2.61. The lowest BCUT2D eigenvalue weighted by Gasteiger charge is -2.56. The van der Waals surface area contributed by atoms with E-state index in [-0.39, 0.29) is 11.6 Å². The molecule has 0 radical (unpaired) electrons. The van der Waals surface area contributed by atoms with Gasteiger partial charge in [-0.3, -0.25) is 4.90 Å². The van der Waals surface area contributed by atoms with Crippen molar-refractivity contribution in [3.63, 3.8) is 0 Å². The van der Waals surface area contributed by atoms with Crippen molar-refractivity contribution in [2.24, 2.45) is 11.8 Å². The molecule has 17 heavy (non-hydrogen) atoms. The van der Waals surface area contributed by atoms with Gasteiger partial charge in [-0.25, -0.2) is 0 Å². The molecule has 2 aliphatic rings. The second-order valence-corrected chi connectivity index (χ2v) is 7.01. The van der Waals surface area contributed by atoms with Gasteiger partial charge in [-0.2, -0.15) is 0 Å². The Kier molecular flexibility index (Phi) is 3.84. The van der Waals surface area contributed by atoms with Crippen LogP contribution in [0.4, 0.5) is 0 Å². The van der Waals surface area contributed by atoms with Crippen LogP contribution in [0, 0.1) is 11.8 Å². The van der Waals surface area contributed by atoms with E-state index in [0.29, 0.717) is 0 Å². The third-order valence-electron chi connectivity index (χ3n) is 4.97. The SMILES string of the molecule is CC(O)CN1C2CCCCC2C(C)CC1(C)C. The first-order valence-electron chi connectivity index (χ1n) is 7.36. The van der Waals surface area contributed by atoms with Crippen molar-refractivity contribution < 1.29 is 5.11 Å². The first kappa shape index (κ1) is 13.4. The number of fused-ring (bicyclic) bond motifs is 1. The number of piperidine rings is 1. The molecule has 0 bridgehead atoms. The number of β-amino-alcohol motifs (C(OH)–C–C–N with tert-alkyl or cyclic N) is 1. The summed E-state index contributed by atoms with van der Waals surface area (Å²) in [7, 11) is 0. The molecule has 2 rings (SSSR count). The highest BCUT2D eigenvalue weighted by atomic mass is 16.3. The molecular formula is C15H29NO. The average molecular weight is 239 g/mol. The highest BCUT2D eigenvalue weighted by Crippen LogP contribution is 2.45. The van der Waals surface area contributed by atoms with E-state index in [2.05, 4.69) is 25.7 Å². The number of aliphatic hydroxyl groups excluding tert-OH is 1. The molecule has 100 valence electrons. The highest BCUT2D eigenvalue weighted by molar-refractivity contribution is 4.99. The summed E-state index contributed by atoms with van der Waals surface area (Å²) in [5.41, 5.74) is 0.259. The predicted molar refractivity (Wildman–Crippen MR) is 72.0 cm³/mol. The van der Waals surface area contributed by atoms with Crippen LogP contribution in [0.15, 0.2) is 0 Å². The van der Waals surface area contributed by atoms with Crippen LogP contribution in [0.2, 0.25) is 0 Å². The Hall–Kier alpha value is -0.0800. The third kappa shape index (κ3) is 2.68. The molecule has 0 amide bonds. The van der Waals surface area contributed by atoms with Gasteiger partial charge in [0.25, 0.3) is 0 Å². The van der Waals surface area contributed by atoms with Crippen molar-refractivity contribution in [3.05, 3.63) is 0 Å². The van der Waals surface area contributed by atoms with Gasteiger partial charge in [0.15, 0.2) is 0 Å². The molecule has 1 aliphatic carbocycles. The maximum absolute atomic E-state index is 9.75. The number of hydrogen-bond donors (Lipinski definition) is 1. The summed E-state index contributed by atoms with van der Waals surface area (Å²) in [5, 5.41) is 9.75. The van der Waals surface area contributed by atoms with Gasteiger partial charge in [-0.05, 0) is 51.9 Å². The Bertz CT molecular complexity index is 262. The summed E-state index contributed by atoms with van der Waals surface area (Å²) in [6.07, 6.45) is 6.60. The van der Waals surface area contributed by atoms with Crippen LogP contribution in [0.1, 0.15) is 59.8 Å². The maximum atomic E-state index is 9.75. The van der Waals surface area contributed by atoms with Crippen LogP contribution >= 0.6 is 0 Å². The Balaban J connectivity index is 2.18. The number of hydrogen-bond acceptors (Lipinski definition) is 2. The Labute approximate surface area is 106 Å². The Morgan fingerprint density at radius 2 is 1.94 bits per heavy atom. The van der Waals surface area contributed by atoms with Gasteiger partial charge in [0.1, 0.15) is 0 Å². The fourth-order valence-electron chi connectivity index (χ4n) is 4.36. The first-order valence-corrected chi connectivity index (χ1v) is 7.36. The molecule has 0 aromatic rings. The molecule has 1 aliphatic heterocycles. The van der Waals surface area contributed by atoms with E-state index in [0.717, 1.165) is 24.4 Å².